The van der Waals surface area contributed by atoms with Gasteiger partial charge in [0.2, 0.25) is 0 Å². The summed E-state index contributed by atoms with van der Waals surface area (Å²) in [5.41, 5.74) is 0.973. The van der Waals surface area contributed by atoms with Crippen LogP contribution in [0, 0.1) is 0 Å². The van der Waals surface area contributed by atoms with Crippen molar-refractivity contribution >= 4 is 22.5 Å². The molecule has 0 heterocycles. The van der Waals surface area contributed by atoms with E-state index in [0.29, 0.717) is 34.4 Å². The Bertz CT molecular complexity index is 929. The number of Topliss-reactive ketones (excluding diaryl/α,β-unsaturated/α-hetero) is 1. The van der Waals surface area contributed by atoms with Crippen LogP contribution < -0.4 is 9.47 Å². The van der Waals surface area contributed by atoms with E-state index in [2.05, 4.69) is 0 Å². The van der Waals surface area contributed by atoms with Gasteiger partial charge in [0, 0.05) is 22.8 Å². The molecule has 4 nitrogen and oxygen atoms in total. The molecule has 3 aromatic carbocycles. The number of ether oxygens (including phenoxy) is 2. The molecule has 0 saturated heterocycles. The van der Waals surface area contributed by atoms with Crippen LogP contribution in [0.2, 0.25) is 0 Å². The SMILES string of the molecule is CCC(=O)c1ccc(OC)c2cccc(OC(=O)c3ccccc3)c12. The number of esters is 1. The van der Waals surface area contributed by atoms with Crippen LogP contribution in [0.5, 0.6) is 11.5 Å². The van der Waals surface area contributed by atoms with Crippen LogP contribution in [0.1, 0.15) is 34.1 Å². The molecule has 0 radical (unpaired) electrons. The Labute approximate surface area is 146 Å². The first-order chi connectivity index (χ1) is 12.2. The van der Waals surface area contributed by atoms with E-state index in [4.69, 9.17) is 9.47 Å². The van der Waals surface area contributed by atoms with Crippen LogP contribution in [0.25, 0.3) is 10.8 Å². The largest absolute Gasteiger partial charge is 0.496 e. The minimum absolute atomic E-state index is 0.0177. The van der Waals surface area contributed by atoms with Crippen LogP contribution in [0.4, 0.5) is 0 Å². The van der Waals surface area contributed by atoms with Crippen molar-refractivity contribution in [2.75, 3.05) is 7.11 Å². The van der Waals surface area contributed by atoms with Crippen LogP contribution in [0.15, 0.2) is 60.7 Å². The van der Waals surface area contributed by atoms with E-state index in [1.165, 1.54) is 0 Å². The lowest BCUT2D eigenvalue weighted by molar-refractivity contribution is 0.0736. The van der Waals surface area contributed by atoms with Crippen LogP contribution in [0.3, 0.4) is 0 Å². The van der Waals surface area contributed by atoms with Gasteiger partial charge in [0.1, 0.15) is 11.5 Å². The third-order valence-corrected chi connectivity index (χ3v) is 4.02. The van der Waals surface area contributed by atoms with Crippen molar-refractivity contribution in [3.8, 4) is 11.5 Å². The van der Waals surface area contributed by atoms with E-state index in [9.17, 15) is 9.59 Å². The van der Waals surface area contributed by atoms with E-state index >= 15 is 0 Å². The number of carbonyl (C=O) groups excluding carboxylic acids is 2. The summed E-state index contributed by atoms with van der Waals surface area (Å²) < 4.78 is 11.0. The third-order valence-electron chi connectivity index (χ3n) is 4.02. The summed E-state index contributed by atoms with van der Waals surface area (Å²) in [5, 5.41) is 1.33. The molecular formula is C21H18O4. The van der Waals surface area contributed by atoms with Crippen LogP contribution in [-0.4, -0.2) is 18.9 Å². The number of rotatable bonds is 5. The zero-order chi connectivity index (χ0) is 17.8. The lowest BCUT2D eigenvalue weighted by atomic mass is 9.98. The van der Waals surface area contributed by atoms with Crippen molar-refractivity contribution in [3.63, 3.8) is 0 Å². The predicted molar refractivity (Wildman–Crippen MR) is 96.5 cm³/mol. The molecule has 0 bridgehead atoms. The molecule has 3 aromatic rings. The second kappa shape index (κ2) is 7.18. The van der Waals surface area contributed by atoms with Crippen molar-refractivity contribution in [1.29, 1.82) is 0 Å². The van der Waals surface area contributed by atoms with Gasteiger partial charge in [-0.1, -0.05) is 37.3 Å². The quantitative estimate of drug-likeness (QED) is 0.387. The van der Waals surface area contributed by atoms with E-state index in [-0.39, 0.29) is 5.78 Å². The molecule has 25 heavy (non-hydrogen) atoms. The molecule has 126 valence electrons. The summed E-state index contributed by atoms with van der Waals surface area (Å²) in [4.78, 5) is 24.8. The monoisotopic (exact) mass is 334 g/mol. The van der Waals surface area contributed by atoms with Gasteiger partial charge < -0.3 is 9.47 Å². The molecule has 0 saturated carbocycles. The molecule has 0 aromatic heterocycles. The van der Waals surface area contributed by atoms with Crippen LogP contribution >= 0.6 is 0 Å². The van der Waals surface area contributed by atoms with E-state index in [1.807, 2.05) is 12.1 Å². The summed E-state index contributed by atoms with van der Waals surface area (Å²) >= 11 is 0. The summed E-state index contributed by atoms with van der Waals surface area (Å²) in [6, 6.07) is 17.5. The number of methoxy groups -OCH3 is 1. The first kappa shape index (κ1) is 16.7. The summed E-state index contributed by atoms with van der Waals surface area (Å²) in [6.07, 6.45) is 0.363. The van der Waals surface area contributed by atoms with Gasteiger partial charge in [-0.25, -0.2) is 4.79 Å². The van der Waals surface area contributed by atoms with Crippen molar-refractivity contribution < 1.29 is 19.1 Å². The first-order valence-corrected chi connectivity index (χ1v) is 8.05. The molecule has 0 aliphatic carbocycles. The molecule has 0 unspecified atom stereocenters. The average Bonchev–Trinajstić information content (AvgIpc) is 2.67. The highest BCUT2D eigenvalue weighted by atomic mass is 16.5. The molecular weight excluding hydrogens is 316 g/mol. The minimum Gasteiger partial charge on any atom is -0.496 e. The Morgan fingerprint density at radius 2 is 1.64 bits per heavy atom. The maximum Gasteiger partial charge on any atom is 0.343 e. The number of benzene rings is 3. The average molecular weight is 334 g/mol. The van der Waals surface area contributed by atoms with E-state index in [0.717, 1.165) is 5.39 Å². The predicted octanol–water partition coefficient (Wildman–Crippen LogP) is 4.66. The van der Waals surface area contributed by atoms with Gasteiger partial charge >= 0.3 is 5.97 Å². The number of hydrogen-bond acceptors (Lipinski definition) is 4. The van der Waals surface area contributed by atoms with Gasteiger partial charge in [-0.2, -0.15) is 0 Å². The van der Waals surface area contributed by atoms with Gasteiger partial charge in [-0.05, 0) is 30.3 Å². The van der Waals surface area contributed by atoms with Crippen molar-refractivity contribution in [3.05, 3.63) is 71.8 Å². The van der Waals surface area contributed by atoms with Crippen molar-refractivity contribution in [2.45, 2.75) is 13.3 Å². The number of fused-ring (bicyclic) bond motifs is 1. The number of carbonyl (C=O) groups is 2. The number of ketones is 1. The maximum absolute atomic E-state index is 12.4. The summed E-state index contributed by atoms with van der Waals surface area (Å²) in [5.74, 6) is 0.490. The Morgan fingerprint density at radius 3 is 2.32 bits per heavy atom. The highest BCUT2D eigenvalue weighted by Crippen LogP contribution is 2.36. The summed E-state index contributed by atoms with van der Waals surface area (Å²) in [6.45, 7) is 1.80. The van der Waals surface area contributed by atoms with E-state index in [1.54, 1.807) is 62.6 Å². The van der Waals surface area contributed by atoms with Gasteiger partial charge in [0.15, 0.2) is 5.78 Å². The fourth-order valence-corrected chi connectivity index (χ4v) is 2.77. The zero-order valence-corrected chi connectivity index (χ0v) is 14.1. The van der Waals surface area contributed by atoms with Gasteiger partial charge in [-0.3, -0.25) is 4.79 Å². The lowest BCUT2D eigenvalue weighted by Crippen LogP contribution is -2.09. The third kappa shape index (κ3) is 3.24. The second-order valence-corrected chi connectivity index (χ2v) is 5.53. The van der Waals surface area contributed by atoms with E-state index < -0.39 is 5.97 Å². The molecule has 3 rings (SSSR count). The van der Waals surface area contributed by atoms with Crippen molar-refractivity contribution in [2.24, 2.45) is 0 Å². The molecule has 0 amide bonds. The second-order valence-electron chi connectivity index (χ2n) is 5.53. The summed E-state index contributed by atoms with van der Waals surface area (Å²) in [7, 11) is 1.57. The Balaban J connectivity index is 2.14. The molecule has 0 N–H and O–H groups in total. The molecule has 0 aliphatic heterocycles. The highest BCUT2D eigenvalue weighted by molar-refractivity contribution is 6.12. The highest BCUT2D eigenvalue weighted by Gasteiger charge is 2.18. The Kier molecular flexibility index (Phi) is 4.80. The topological polar surface area (TPSA) is 52.6 Å². The molecule has 4 heteroatoms. The fraction of sp³-hybridized carbons (Fsp3) is 0.143. The lowest BCUT2D eigenvalue weighted by Gasteiger charge is -2.13. The fourth-order valence-electron chi connectivity index (χ4n) is 2.77. The Hall–Kier alpha value is -3.14. The minimum atomic E-state index is -0.467. The van der Waals surface area contributed by atoms with Gasteiger partial charge in [-0.15, -0.1) is 0 Å². The molecule has 0 spiro atoms. The number of hydrogen-bond donors (Lipinski definition) is 0. The van der Waals surface area contributed by atoms with Gasteiger partial charge in [0.25, 0.3) is 0 Å². The standard InChI is InChI=1S/C21H18O4/c1-3-17(22)15-12-13-18(24-2)16-10-7-11-19(20(15)16)25-21(23)14-8-5-4-6-9-14/h4-13H,3H2,1-2H3. The zero-order valence-electron chi connectivity index (χ0n) is 14.1. The molecule has 0 fully saturated rings. The van der Waals surface area contributed by atoms with Gasteiger partial charge in [0.05, 0.1) is 12.7 Å². The van der Waals surface area contributed by atoms with Crippen molar-refractivity contribution in [1.82, 2.24) is 0 Å². The first-order valence-electron chi connectivity index (χ1n) is 8.05. The normalized spacial score (nSPS) is 10.5. The Morgan fingerprint density at radius 1 is 0.880 bits per heavy atom. The molecule has 0 atom stereocenters. The smallest absolute Gasteiger partial charge is 0.343 e. The molecule has 0 aliphatic rings. The maximum atomic E-state index is 12.4. The van der Waals surface area contributed by atoms with Crippen LogP contribution in [-0.2, 0) is 0 Å².